The number of anilines is 2. The number of nitrogens with zero attached hydrogens (tertiary/aromatic N) is 6. The van der Waals surface area contributed by atoms with Gasteiger partial charge in [0.15, 0.2) is 11.5 Å². The van der Waals surface area contributed by atoms with Gasteiger partial charge in [0.05, 0.1) is 13.7 Å². The van der Waals surface area contributed by atoms with E-state index in [1.165, 1.54) is 0 Å². The van der Waals surface area contributed by atoms with Crippen LogP contribution in [0.2, 0.25) is 0 Å². The zero-order valence-electron chi connectivity index (χ0n) is 20.3. The molecule has 0 saturated carbocycles. The highest BCUT2D eigenvalue weighted by molar-refractivity contribution is 5.84. The number of rotatable bonds is 9. The highest BCUT2D eigenvalue weighted by Crippen LogP contribution is 2.23. The summed E-state index contributed by atoms with van der Waals surface area (Å²) in [6, 6.07) is 11.2. The molecule has 1 aliphatic rings. The van der Waals surface area contributed by atoms with Gasteiger partial charge in [-0.05, 0) is 38.1 Å². The number of methoxy groups -OCH3 is 1. The lowest BCUT2D eigenvalue weighted by Crippen LogP contribution is -2.47. The first kappa shape index (κ1) is 24.2. The van der Waals surface area contributed by atoms with Crippen LogP contribution in [0.25, 0.3) is 5.65 Å². The number of hydrogen-bond acceptors (Lipinski definition) is 9. The minimum atomic E-state index is -0.696. The third kappa shape index (κ3) is 5.79. The number of esters is 1. The van der Waals surface area contributed by atoms with Gasteiger partial charge in [-0.1, -0.05) is 6.07 Å². The zero-order chi connectivity index (χ0) is 24.8. The van der Waals surface area contributed by atoms with Crippen molar-refractivity contribution in [3.63, 3.8) is 0 Å². The molecule has 0 bridgehead atoms. The minimum absolute atomic E-state index is 0.162. The standard InChI is InChI=1S/C24H31N7O4/c1-4-35-24(33)17(2)25-23(32)11-10-21-27-26-20-8-9-22(28-31(20)21)30-14-12-29(13-15-30)18-6-5-7-19(16-18)34-3/h5-9,16-17H,4,10-15H2,1-3H3,(H,25,32)/t17-/m1/s1. The Morgan fingerprint density at radius 3 is 2.60 bits per heavy atom. The lowest BCUT2D eigenvalue weighted by molar-refractivity contribution is -0.146. The van der Waals surface area contributed by atoms with Crippen LogP contribution in [0.15, 0.2) is 36.4 Å². The normalized spacial score (nSPS) is 14.6. The number of fused-ring (bicyclic) bond motifs is 1. The predicted octanol–water partition coefficient (Wildman–Crippen LogP) is 1.46. The second-order valence-corrected chi connectivity index (χ2v) is 8.29. The van der Waals surface area contributed by atoms with Crippen molar-refractivity contribution in [2.75, 3.05) is 49.7 Å². The van der Waals surface area contributed by atoms with E-state index in [0.717, 1.165) is 43.4 Å². The summed E-state index contributed by atoms with van der Waals surface area (Å²) >= 11 is 0. The number of hydrogen-bond donors (Lipinski definition) is 1. The van der Waals surface area contributed by atoms with Crippen molar-refractivity contribution in [1.82, 2.24) is 25.1 Å². The summed E-state index contributed by atoms with van der Waals surface area (Å²) < 4.78 is 12.0. The van der Waals surface area contributed by atoms with Gasteiger partial charge in [-0.15, -0.1) is 15.3 Å². The molecule has 0 radical (unpaired) electrons. The van der Waals surface area contributed by atoms with Crippen molar-refractivity contribution >= 4 is 29.0 Å². The molecule has 1 aromatic carbocycles. The zero-order valence-corrected chi connectivity index (χ0v) is 20.3. The maximum Gasteiger partial charge on any atom is 0.328 e. The molecule has 0 aliphatic carbocycles. The first-order valence-electron chi connectivity index (χ1n) is 11.8. The molecular weight excluding hydrogens is 450 g/mol. The number of nitrogens with one attached hydrogen (secondary N) is 1. The van der Waals surface area contributed by atoms with Gasteiger partial charge < -0.3 is 24.6 Å². The van der Waals surface area contributed by atoms with Crippen molar-refractivity contribution in [1.29, 1.82) is 0 Å². The molecule has 3 aromatic rings. The molecule has 3 heterocycles. The van der Waals surface area contributed by atoms with E-state index in [1.54, 1.807) is 25.5 Å². The third-order valence-electron chi connectivity index (χ3n) is 5.93. The molecule has 186 valence electrons. The molecule has 4 rings (SSSR count). The first-order valence-corrected chi connectivity index (χ1v) is 11.8. The number of amides is 1. The van der Waals surface area contributed by atoms with Gasteiger partial charge in [0.2, 0.25) is 5.91 Å². The Kier molecular flexibility index (Phi) is 7.64. The van der Waals surface area contributed by atoms with E-state index in [-0.39, 0.29) is 18.9 Å². The van der Waals surface area contributed by atoms with Crippen LogP contribution in [0.3, 0.4) is 0 Å². The molecule has 1 atom stereocenters. The van der Waals surface area contributed by atoms with Gasteiger partial charge in [-0.3, -0.25) is 4.79 Å². The van der Waals surface area contributed by atoms with Gasteiger partial charge in [-0.25, -0.2) is 4.79 Å². The SMILES string of the molecule is CCOC(=O)[C@@H](C)NC(=O)CCc1nnc2ccc(N3CCN(c4cccc(OC)c4)CC3)nn12. The van der Waals surface area contributed by atoms with Crippen molar-refractivity contribution in [3.05, 3.63) is 42.2 Å². The Morgan fingerprint density at radius 2 is 1.86 bits per heavy atom. The maximum absolute atomic E-state index is 12.3. The number of benzene rings is 1. The van der Waals surface area contributed by atoms with Crippen LogP contribution < -0.4 is 19.9 Å². The molecule has 1 fully saturated rings. The fraction of sp³-hybridized carbons (Fsp3) is 0.458. The van der Waals surface area contributed by atoms with E-state index in [0.29, 0.717) is 17.9 Å². The average molecular weight is 482 g/mol. The van der Waals surface area contributed by atoms with Gasteiger partial charge >= 0.3 is 5.97 Å². The molecular formula is C24H31N7O4. The van der Waals surface area contributed by atoms with Gasteiger partial charge in [0.25, 0.3) is 0 Å². The largest absolute Gasteiger partial charge is 0.497 e. The Balaban J connectivity index is 1.37. The van der Waals surface area contributed by atoms with Gasteiger partial charge in [-0.2, -0.15) is 4.52 Å². The summed E-state index contributed by atoms with van der Waals surface area (Å²) in [5, 5.41) is 15.8. The Bertz CT molecular complexity index is 1170. The number of piperazine rings is 1. The maximum atomic E-state index is 12.3. The molecule has 11 heteroatoms. The Morgan fingerprint density at radius 1 is 1.09 bits per heavy atom. The van der Waals surface area contributed by atoms with Crippen LogP contribution in [0.5, 0.6) is 5.75 Å². The van der Waals surface area contributed by atoms with Crippen molar-refractivity contribution in [2.24, 2.45) is 0 Å². The summed E-state index contributed by atoms with van der Waals surface area (Å²) in [5.74, 6) is 1.57. The fourth-order valence-electron chi connectivity index (χ4n) is 4.01. The molecule has 11 nitrogen and oxygen atoms in total. The molecule has 1 amide bonds. The number of aryl methyl sites for hydroxylation is 1. The van der Waals surface area contributed by atoms with Crippen LogP contribution in [0.1, 0.15) is 26.1 Å². The lowest BCUT2D eigenvalue weighted by Gasteiger charge is -2.36. The molecule has 35 heavy (non-hydrogen) atoms. The van der Waals surface area contributed by atoms with Crippen LogP contribution in [0, 0.1) is 0 Å². The van der Waals surface area contributed by atoms with Gasteiger partial charge in [0, 0.05) is 50.8 Å². The topological polar surface area (TPSA) is 114 Å². The van der Waals surface area contributed by atoms with Crippen molar-refractivity contribution in [2.45, 2.75) is 32.7 Å². The summed E-state index contributed by atoms with van der Waals surface area (Å²) in [7, 11) is 1.68. The van der Waals surface area contributed by atoms with Crippen LogP contribution >= 0.6 is 0 Å². The second kappa shape index (κ2) is 11.0. The molecule has 0 unspecified atom stereocenters. The van der Waals surface area contributed by atoms with E-state index < -0.39 is 12.0 Å². The van der Waals surface area contributed by atoms with Crippen LogP contribution in [-0.4, -0.2) is 77.6 Å². The molecule has 1 aliphatic heterocycles. The Labute approximate surface area is 204 Å². The first-order chi connectivity index (χ1) is 17.0. The van der Waals surface area contributed by atoms with E-state index in [2.05, 4.69) is 31.4 Å². The highest BCUT2D eigenvalue weighted by atomic mass is 16.5. The lowest BCUT2D eigenvalue weighted by atomic mass is 10.2. The van der Waals surface area contributed by atoms with Crippen LogP contribution in [0.4, 0.5) is 11.5 Å². The fourth-order valence-corrected chi connectivity index (χ4v) is 4.01. The Hall–Kier alpha value is -3.89. The quantitative estimate of drug-likeness (QED) is 0.454. The summed E-state index contributed by atoms with van der Waals surface area (Å²) in [5.41, 5.74) is 1.77. The minimum Gasteiger partial charge on any atom is -0.497 e. The molecule has 2 aromatic heterocycles. The summed E-state index contributed by atoms with van der Waals surface area (Å²) in [4.78, 5) is 28.6. The number of carbonyl (C=O) groups excluding carboxylic acids is 2. The third-order valence-corrected chi connectivity index (χ3v) is 5.93. The van der Waals surface area contributed by atoms with Crippen molar-refractivity contribution in [3.8, 4) is 5.75 Å². The number of carbonyl (C=O) groups is 2. The molecule has 0 spiro atoms. The van der Waals surface area contributed by atoms with E-state index in [4.69, 9.17) is 14.6 Å². The smallest absolute Gasteiger partial charge is 0.328 e. The molecule has 1 saturated heterocycles. The number of ether oxygens (including phenoxy) is 2. The molecule has 1 N–H and O–H groups in total. The predicted molar refractivity (Wildman–Crippen MR) is 131 cm³/mol. The second-order valence-electron chi connectivity index (χ2n) is 8.29. The van der Waals surface area contributed by atoms with Gasteiger partial charge in [0.1, 0.15) is 17.6 Å². The van der Waals surface area contributed by atoms with E-state index >= 15 is 0 Å². The van der Waals surface area contributed by atoms with Crippen LogP contribution in [-0.2, 0) is 20.7 Å². The summed E-state index contributed by atoms with van der Waals surface area (Å²) in [6.07, 6.45) is 0.512. The summed E-state index contributed by atoms with van der Waals surface area (Å²) in [6.45, 7) is 6.97. The highest BCUT2D eigenvalue weighted by Gasteiger charge is 2.21. The van der Waals surface area contributed by atoms with E-state index in [1.807, 2.05) is 30.3 Å². The average Bonchev–Trinajstić information content (AvgIpc) is 3.30. The van der Waals surface area contributed by atoms with Crippen molar-refractivity contribution < 1.29 is 19.1 Å². The monoisotopic (exact) mass is 481 g/mol. The van der Waals surface area contributed by atoms with E-state index in [9.17, 15) is 9.59 Å². The number of aromatic nitrogens is 4.